The second-order valence-electron chi connectivity index (χ2n) is 5.54. The number of nitrogens with two attached hydrogens (primary N) is 1. The van der Waals surface area contributed by atoms with Gasteiger partial charge in [0.15, 0.2) is 0 Å². The van der Waals surface area contributed by atoms with Gasteiger partial charge in [0.05, 0.1) is 4.90 Å². The lowest BCUT2D eigenvalue weighted by Crippen LogP contribution is -2.51. The monoisotopic (exact) mass is 296 g/mol. The molecule has 0 aromatic heterocycles. The van der Waals surface area contributed by atoms with Crippen molar-refractivity contribution in [3.8, 4) is 0 Å². The third kappa shape index (κ3) is 3.05. The van der Waals surface area contributed by atoms with Gasteiger partial charge in [0.2, 0.25) is 10.0 Å². The fourth-order valence-corrected chi connectivity index (χ4v) is 4.56. The maximum atomic E-state index is 12.8. The fraction of sp³-hybridized carbons (Fsp3) is 0.600. The Labute approximate surface area is 122 Å². The predicted octanol–water partition coefficient (Wildman–Crippen LogP) is 2.14. The average molecular weight is 296 g/mol. The first-order valence-electron chi connectivity index (χ1n) is 7.33. The molecule has 2 rings (SSSR count). The summed E-state index contributed by atoms with van der Waals surface area (Å²) in [5, 5.41) is 0. The molecule has 5 heteroatoms. The number of sulfonamides is 1. The number of hydrogen-bond donors (Lipinski definition) is 1. The number of benzene rings is 1. The second kappa shape index (κ2) is 6.24. The highest BCUT2D eigenvalue weighted by atomic mass is 32.2. The maximum absolute atomic E-state index is 12.8. The van der Waals surface area contributed by atoms with Crippen LogP contribution < -0.4 is 5.73 Å². The van der Waals surface area contributed by atoms with E-state index < -0.39 is 10.0 Å². The quantitative estimate of drug-likeness (QED) is 0.926. The van der Waals surface area contributed by atoms with Crippen LogP contribution in [0.5, 0.6) is 0 Å². The molecule has 0 aliphatic carbocycles. The number of nitrogens with zero attached hydrogens (tertiary/aromatic N) is 1. The van der Waals surface area contributed by atoms with Crippen molar-refractivity contribution < 1.29 is 8.42 Å². The molecule has 1 fully saturated rings. The largest absolute Gasteiger partial charge is 0.326 e. The lowest BCUT2D eigenvalue weighted by molar-refractivity contribution is 0.227. The van der Waals surface area contributed by atoms with Crippen molar-refractivity contribution in [1.29, 1.82) is 0 Å². The van der Waals surface area contributed by atoms with Gasteiger partial charge in [-0.15, -0.1) is 0 Å². The Balaban J connectivity index is 2.31. The highest BCUT2D eigenvalue weighted by Crippen LogP contribution is 2.26. The third-order valence-electron chi connectivity index (χ3n) is 4.04. The molecule has 20 heavy (non-hydrogen) atoms. The molecule has 2 unspecified atom stereocenters. The van der Waals surface area contributed by atoms with Crippen LogP contribution >= 0.6 is 0 Å². The summed E-state index contributed by atoms with van der Waals surface area (Å²) in [4.78, 5) is 0.377. The van der Waals surface area contributed by atoms with Crippen LogP contribution in [0.4, 0.5) is 0 Å². The minimum atomic E-state index is -3.43. The molecule has 1 aromatic rings. The predicted molar refractivity (Wildman–Crippen MR) is 81.0 cm³/mol. The van der Waals surface area contributed by atoms with E-state index in [1.54, 1.807) is 16.4 Å². The van der Waals surface area contributed by atoms with Gasteiger partial charge in [0.25, 0.3) is 0 Å². The van der Waals surface area contributed by atoms with E-state index in [1.807, 2.05) is 19.1 Å². The van der Waals surface area contributed by atoms with Gasteiger partial charge in [-0.1, -0.05) is 25.5 Å². The smallest absolute Gasteiger partial charge is 0.243 e. The lowest BCUT2D eigenvalue weighted by atomic mass is 10.00. The summed E-state index contributed by atoms with van der Waals surface area (Å²) in [6.07, 6.45) is 3.72. The molecule has 1 aliphatic rings. The van der Waals surface area contributed by atoms with Crippen molar-refractivity contribution >= 4 is 10.0 Å². The first-order chi connectivity index (χ1) is 9.46. The lowest BCUT2D eigenvalue weighted by Gasteiger charge is -2.36. The highest BCUT2D eigenvalue weighted by Gasteiger charge is 2.35. The molecule has 4 nitrogen and oxygen atoms in total. The first-order valence-corrected chi connectivity index (χ1v) is 8.77. The van der Waals surface area contributed by atoms with Crippen LogP contribution in [0.15, 0.2) is 29.2 Å². The Morgan fingerprint density at radius 2 is 1.95 bits per heavy atom. The average Bonchev–Trinajstić information content (AvgIpc) is 2.47. The highest BCUT2D eigenvalue weighted by molar-refractivity contribution is 7.89. The van der Waals surface area contributed by atoms with Crippen molar-refractivity contribution in [2.75, 3.05) is 6.54 Å². The molecular formula is C15H24N2O2S. The van der Waals surface area contributed by atoms with Crippen molar-refractivity contribution in [2.24, 2.45) is 5.73 Å². The van der Waals surface area contributed by atoms with Gasteiger partial charge >= 0.3 is 0 Å². The molecular weight excluding hydrogens is 272 g/mol. The summed E-state index contributed by atoms with van der Waals surface area (Å²) < 4.78 is 27.1. The zero-order valence-electron chi connectivity index (χ0n) is 12.2. The zero-order valence-corrected chi connectivity index (χ0v) is 13.1. The zero-order chi connectivity index (χ0) is 14.8. The van der Waals surface area contributed by atoms with Crippen LogP contribution in [-0.2, 0) is 16.4 Å². The van der Waals surface area contributed by atoms with E-state index in [9.17, 15) is 8.42 Å². The van der Waals surface area contributed by atoms with Crippen molar-refractivity contribution in [3.63, 3.8) is 0 Å². The first kappa shape index (κ1) is 15.5. The summed E-state index contributed by atoms with van der Waals surface area (Å²) in [5.41, 5.74) is 7.12. The van der Waals surface area contributed by atoms with E-state index in [2.05, 4.69) is 6.92 Å². The van der Waals surface area contributed by atoms with Gasteiger partial charge in [-0.05, 0) is 43.9 Å². The summed E-state index contributed by atoms with van der Waals surface area (Å²) in [6, 6.07) is 6.97. The van der Waals surface area contributed by atoms with Gasteiger partial charge in [-0.25, -0.2) is 8.42 Å². The molecule has 1 heterocycles. The van der Waals surface area contributed by atoms with Gasteiger partial charge < -0.3 is 5.73 Å². The molecule has 112 valence electrons. The molecule has 0 amide bonds. The summed E-state index contributed by atoms with van der Waals surface area (Å²) in [6.45, 7) is 4.52. The Bertz CT molecular complexity index is 537. The number of rotatable bonds is 4. The van der Waals surface area contributed by atoms with E-state index in [4.69, 9.17) is 5.73 Å². The van der Waals surface area contributed by atoms with Gasteiger partial charge in [0.1, 0.15) is 0 Å². The Morgan fingerprint density at radius 1 is 1.30 bits per heavy atom. The minimum absolute atomic E-state index is 0.0837. The molecule has 2 atom stereocenters. The molecule has 1 aromatic carbocycles. The van der Waals surface area contributed by atoms with E-state index in [1.165, 1.54) is 0 Å². The maximum Gasteiger partial charge on any atom is 0.243 e. The SMILES string of the molecule is CCc1ccc(S(=O)(=O)N2CCCCC2C(C)N)cc1. The van der Waals surface area contributed by atoms with Crippen LogP contribution in [0, 0.1) is 0 Å². The van der Waals surface area contributed by atoms with Crippen LogP contribution in [0.3, 0.4) is 0 Å². The molecule has 0 spiro atoms. The summed E-state index contributed by atoms with van der Waals surface area (Å²) >= 11 is 0. The third-order valence-corrected chi connectivity index (χ3v) is 5.98. The van der Waals surface area contributed by atoms with Crippen molar-refractivity contribution in [1.82, 2.24) is 4.31 Å². The van der Waals surface area contributed by atoms with E-state index in [-0.39, 0.29) is 12.1 Å². The van der Waals surface area contributed by atoms with Crippen LogP contribution in [-0.4, -0.2) is 31.4 Å². The van der Waals surface area contributed by atoms with Crippen LogP contribution in [0.25, 0.3) is 0 Å². The minimum Gasteiger partial charge on any atom is -0.326 e. The molecule has 1 saturated heterocycles. The van der Waals surface area contributed by atoms with Gasteiger partial charge in [-0.2, -0.15) is 4.31 Å². The van der Waals surface area contributed by atoms with E-state index in [0.29, 0.717) is 11.4 Å². The number of aryl methyl sites for hydroxylation is 1. The second-order valence-corrected chi connectivity index (χ2v) is 7.43. The van der Waals surface area contributed by atoms with E-state index in [0.717, 1.165) is 31.2 Å². The topological polar surface area (TPSA) is 63.4 Å². The molecule has 0 bridgehead atoms. The summed E-state index contributed by atoms with van der Waals surface area (Å²) in [5.74, 6) is 0. The standard InChI is InChI=1S/C15H24N2O2S/c1-3-13-7-9-14(10-8-13)20(18,19)17-11-5-4-6-15(17)12(2)16/h7-10,12,15H,3-6,11,16H2,1-2H3. The van der Waals surface area contributed by atoms with Crippen molar-refractivity contribution in [2.45, 2.75) is 56.5 Å². The van der Waals surface area contributed by atoms with Crippen LogP contribution in [0.1, 0.15) is 38.7 Å². The van der Waals surface area contributed by atoms with Gasteiger partial charge in [-0.3, -0.25) is 0 Å². The number of piperidine rings is 1. The molecule has 1 aliphatic heterocycles. The fourth-order valence-electron chi connectivity index (χ4n) is 2.79. The summed E-state index contributed by atoms with van der Waals surface area (Å²) in [7, 11) is -3.43. The molecule has 0 radical (unpaired) electrons. The Kier molecular flexibility index (Phi) is 4.83. The Hall–Kier alpha value is -0.910. The molecule has 0 saturated carbocycles. The Morgan fingerprint density at radius 3 is 2.50 bits per heavy atom. The van der Waals surface area contributed by atoms with Gasteiger partial charge in [0, 0.05) is 18.6 Å². The number of hydrogen-bond acceptors (Lipinski definition) is 3. The van der Waals surface area contributed by atoms with E-state index >= 15 is 0 Å². The van der Waals surface area contributed by atoms with Crippen LogP contribution in [0.2, 0.25) is 0 Å². The van der Waals surface area contributed by atoms with Crippen molar-refractivity contribution in [3.05, 3.63) is 29.8 Å². The normalized spacial score (nSPS) is 22.6. The molecule has 2 N–H and O–H groups in total.